The van der Waals surface area contributed by atoms with Gasteiger partial charge in [0.1, 0.15) is 12.6 Å². The molecule has 0 amide bonds. The number of hydrogen-bond acceptors (Lipinski definition) is 3. The van der Waals surface area contributed by atoms with E-state index in [0.717, 1.165) is 38.2 Å². The fraction of sp³-hybridized carbons (Fsp3) is 0.958. The Labute approximate surface area is 175 Å². The van der Waals surface area contributed by atoms with E-state index in [1.165, 1.54) is 31.7 Å². The van der Waals surface area contributed by atoms with Crippen molar-refractivity contribution in [3.63, 3.8) is 0 Å². The second-order valence-corrected chi connectivity index (χ2v) is 17.3. The highest BCUT2D eigenvalue weighted by molar-refractivity contribution is 6.76. The molecule has 0 unspecified atom stereocenters. The molecule has 0 aromatic heterocycles. The zero-order chi connectivity index (χ0) is 21.0. The van der Waals surface area contributed by atoms with Crippen molar-refractivity contribution < 1.29 is 14.3 Å². The SMILES string of the molecule is C[C@H](CCCC(C)(C)OCOCC[Si](C)(C)C)[C@H]1CC[C@H]2C(=O)CCC[C@]12C. The van der Waals surface area contributed by atoms with Gasteiger partial charge in [0.2, 0.25) is 0 Å². The van der Waals surface area contributed by atoms with Gasteiger partial charge in [-0.15, -0.1) is 0 Å². The van der Waals surface area contributed by atoms with E-state index in [4.69, 9.17) is 9.47 Å². The van der Waals surface area contributed by atoms with E-state index in [0.29, 0.717) is 24.4 Å². The quantitative estimate of drug-likeness (QED) is 0.216. The molecule has 0 bridgehead atoms. The average Bonchev–Trinajstić information content (AvgIpc) is 2.91. The fourth-order valence-electron chi connectivity index (χ4n) is 5.67. The normalized spacial score (nSPS) is 29.8. The van der Waals surface area contributed by atoms with E-state index < -0.39 is 8.07 Å². The maximum absolute atomic E-state index is 12.4. The highest BCUT2D eigenvalue weighted by Crippen LogP contribution is 2.57. The topological polar surface area (TPSA) is 35.5 Å². The zero-order valence-corrected chi connectivity index (χ0v) is 20.7. The van der Waals surface area contributed by atoms with E-state index in [1.54, 1.807) is 0 Å². The summed E-state index contributed by atoms with van der Waals surface area (Å²) in [7, 11) is -1.02. The minimum Gasteiger partial charge on any atom is -0.356 e. The van der Waals surface area contributed by atoms with Gasteiger partial charge in [-0.25, -0.2) is 0 Å². The highest BCUT2D eigenvalue weighted by Gasteiger charge is 2.52. The van der Waals surface area contributed by atoms with Gasteiger partial charge < -0.3 is 9.47 Å². The maximum atomic E-state index is 12.4. The van der Waals surface area contributed by atoms with Gasteiger partial charge in [0, 0.05) is 27.0 Å². The van der Waals surface area contributed by atoms with E-state index in [9.17, 15) is 4.79 Å². The summed E-state index contributed by atoms with van der Waals surface area (Å²) in [5.41, 5.74) is 0.146. The zero-order valence-electron chi connectivity index (χ0n) is 19.7. The summed E-state index contributed by atoms with van der Waals surface area (Å²) in [4.78, 5) is 12.4. The van der Waals surface area contributed by atoms with Gasteiger partial charge in [-0.2, -0.15) is 0 Å². The van der Waals surface area contributed by atoms with Gasteiger partial charge >= 0.3 is 0 Å². The second-order valence-electron chi connectivity index (χ2n) is 11.7. The first kappa shape index (κ1) is 24.1. The fourth-order valence-corrected chi connectivity index (χ4v) is 6.42. The molecule has 0 aliphatic heterocycles. The number of carbonyl (C=O) groups excluding carboxylic acids is 1. The monoisotopic (exact) mass is 410 g/mol. The third-order valence-electron chi connectivity index (χ3n) is 7.59. The molecule has 0 aromatic rings. The van der Waals surface area contributed by atoms with Crippen LogP contribution in [-0.2, 0) is 14.3 Å². The van der Waals surface area contributed by atoms with Crippen molar-refractivity contribution in [2.24, 2.45) is 23.2 Å². The number of Topliss-reactive ketones (excluding diaryl/α,β-unsaturated/α-hetero) is 1. The Bertz CT molecular complexity index is 510. The molecule has 0 saturated heterocycles. The Kier molecular flexibility index (Phi) is 8.38. The molecule has 2 saturated carbocycles. The van der Waals surface area contributed by atoms with Crippen LogP contribution in [0.15, 0.2) is 0 Å². The number of ether oxygens (including phenoxy) is 2. The van der Waals surface area contributed by atoms with Crippen LogP contribution in [0.2, 0.25) is 25.7 Å². The van der Waals surface area contributed by atoms with Crippen molar-refractivity contribution in [2.45, 2.75) is 110 Å². The second kappa shape index (κ2) is 9.74. The molecular weight excluding hydrogens is 364 g/mol. The van der Waals surface area contributed by atoms with E-state index in [2.05, 4.69) is 47.3 Å². The molecule has 3 nitrogen and oxygen atoms in total. The molecule has 4 atom stereocenters. The molecule has 2 aliphatic rings. The largest absolute Gasteiger partial charge is 0.356 e. The van der Waals surface area contributed by atoms with Crippen LogP contribution >= 0.6 is 0 Å². The molecule has 0 N–H and O–H groups in total. The van der Waals surface area contributed by atoms with Crippen LogP contribution in [0.5, 0.6) is 0 Å². The van der Waals surface area contributed by atoms with Gasteiger partial charge in [0.05, 0.1) is 5.60 Å². The van der Waals surface area contributed by atoms with E-state index >= 15 is 0 Å². The summed E-state index contributed by atoms with van der Waals surface area (Å²) in [5, 5.41) is 0. The lowest BCUT2D eigenvalue weighted by molar-refractivity contribution is -0.130. The molecular formula is C24H46O3Si. The number of rotatable bonds is 11. The Morgan fingerprint density at radius 2 is 1.96 bits per heavy atom. The summed E-state index contributed by atoms with van der Waals surface area (Å²) < 4.78 is 11.7. The predicted octanol–water partition coefficient (Wildman–Crippen LogP) is 6.69. The van der Waals surface area contributed by atoms with Crippen LogP contribution in [0.4, 0.5) is 0 Å². The summed E-state index contributed by atoms with van der Waals surface area (Å²) in [6.07, 6.45) is 9.06. The summed E-state index contributed by atoms with van der Waals surface area (Å²) in [6, 6.07) is 1.19. The van der Waals surface area contributed by atoms with Gasteiger partial charge in [0.15, 0.2) is 0 Å². The van der Waals surface area contributed by atoms with Crippen LogP contribution in [0.25, 0.3) is 0 Å². The van der Waals surface area contributed by atoms with Crippen LogP contribution in [0.3, 0.4) is 0 Å². The Hall–Kier alpha value is -0.193. The van der Waals surface area contributed by atoms with Crippen LogP contribution in [0, 0.1) is 23.2 Å². The van der Waals surface area contributed by atoms with Crippen molar-refractivity contribution in [3.8, 4) is 0 Å². The Morgan fingerprint density at radius 3 is 2.64 bits per heavy atom. The van der Waals surface area contributed by atoms with Gasteiger partial charge in [0.25, 0.3) is 0 Å². The van der Waals surface area contributed by atoms with Crippen molar-refractivity contribution in [1.82, 2.24) is 0 Å². The Balaban J connectivity index is 1.69. The molecule has 4 heteroatoms. The number of ketones is 1. The van der Waals surface area contributed by atoms with Crippen LogP contribution in [0.1, 0.15) is 79.1 Å². The predicted molar refractivity (Wildman–Crippen MR) is 120 cm³/mol. The third kappa shape index (κ3) is 6.67. The number of hydrogen-bond donors (Lipinski definition) is 0. The number of carbonyl (C=O) groups is 1. The first-order valence-corrected chi connectivity index (χ1v) is 15.4. The molecule has 0 spiro atoms. The summed E-state index contributed by atoms with van der Waals surface area (Å²) in [6.45, 7) is 17.6. The maximum Gasteiger partial charge on any atom is 0.147 e. The Morgan fingerprint density at radius 1 is 1.25 bits per heavy atom. The minimum absolute atomic E-state index is 0.123. The first-order valence-electron chi connectivity index (χ1n) is 11.7. The van der Waals surface area contributed by atoms with Crippen molar-refractivity contribution in [2.75, 3.05) is 13.4 Å². The van der Waals surface area contributed by atoms with Gasteiger partial charge in [-0.1, -0.05) is 46.3 Å². The lowest BCUT2D eigenvalue weighted by Gasteiger charge is -2.42. The highest BCUT2D eigenvalue weighted by atomic mass is 28.3. The summed E-state index contributed by atoms with van der Waals surface area (Å²) >= 11 is 0. The molecule has 2 rings (SSSR count). The van der Waals surface area contributed by atoms with E-state index in [1.807, 2.05) is 0 Å². The third-order valence-corrected chi connectivity index (χ3v) is 9.30. The first-order chi connectivity index (χ1) is 12.9. The van der Waals surface area contributed by atoms with Crippen molar-refractivity contribution >= 4 is 13.9 Å². The molecule has 2 fully saturated rings. The molecule has 0 heterocycles. The molecule has 0 aromatic carbocycles. The average molecular weight is 411 g/mol. The standard InChI is InChI=1S/C24H46O3Si/c1-19(20-12-13-21-22(25)11-9-15-24(20,21)4)10-8-14-23(2,3)27-18-26-16-17-28(5,6)7/h19-21H,8-18H2,1-7H3/t19-,20-,21+,24-/m1/s1. The van der Waals surface area contributed by atoms with Crippen LogP contribution < -0.4 is 0 Å². The molecule has 28 heavy (non-hydrogen) atoms. The lowest BCUT2D eigenvalue weighted by Crippen LogP contribution is -2.39. The van der Waals surface area contributed by atoms with Crippen molar-refractivity contribution in [3.05, 3.63) is 0 Å². The molecule has 0 radical (unpaired) electrons. The molecule has 2 aliphatic carbocycles. The number of fused-ring (bicyclic) bond motifs is 1. The summed E-state index contributed by atoms with van der Waals surface area (Å²) in [5.74, 6) is 2.31. The lowest BCUT2D eigenvalue weighted by atomic mass is 9.62. The minimum atomic E-state index is -1.02. The molecule has 164 valence electrons. The van der Waals surface area contributed by atoms with E-state index in [-0.39, 0.29) is 11.0 Å². The van der Waals surface area contributed by atoms with Crippen molar-refractivity contribution in [1.29, 1.82) is 0 Å². The van der Waals surface area contributed by atoms with Gasteiger partial charge in [-0.3, -0.25) is 4.79 Å². The van der Waals surface area contributed by atoms with Crippen LogP contribution in [-0.4, -0.2) is 32.9 Å². The smallest absolute Gasteiger partial charge is 0.147 e. The van der Waals surface area contributed by atoms with Gasteiger partial charge in [-0.05, 0) is 69.2 Å².